The van der Waals surface area contributed by atoms with E-state index in [1.807, 2.05) is 11.3 Å². The molecule has 0 saturated heterocycles. The van der Waals surface area contributed by atoms with Gasteiger partial charge in [0.2, 0.25) is 0 Å². The lowest BCUT2D eigenvalue weighted by Crippen LogP contribution is -1.96. The monoisotopic (exact) mass is 727 g/mol. The number of nitrogens with zero attached hydrogens (tertiary/aromatic N) is 1. The van der Waals surface area contributed by atoms with Crippen molar-refractivity contribution in [2.45, 2.75) is 0 Å². The molecule has 10 aromatic carbocycles. The van der Waals surface area contributed by atoms with Crippen molar-refractivity contribution in [3.63, 3.8) is 0 Å². The van der Waals surface area contributed by atoms with Gasteiger partial charge in [0, 0.05) is 36.3 Å². The molecule has 0 aliphatic carbocycles. The average molecular weight is 728 g/mol. The van der Waals surface area contributed by atoms with Crippen LogP contribution in [-0.2, 0) is 0 Å². The van der Waals surface area contributed by atoms with Gasteiger partial charge in [0.15, 0.2) is 0 Å². The number of rotatable bonds is 4. The zero-order chi connectivity index (χ0) is 36.7. The number of thiophene rings is 1. The maximum atomic E-state index is 2.48. The highest BCUT2D eigenvalue weighted by Crippen LogP contribution is 2.47. The van der Waals surface area contributed by atoms with Gasteiger partial charge in [0.05, 0.1) is 16.7 Å². The highest BCUT2D eigenvalue weighted by Gasteiger charge is 2.20. The van der Waals surface area contributed by atoms with Gasteiger partial charge in [-0.25, -0.2) is 0 Å². The lowest BCUT2D eigenvalue weighted by atomic mass is 9.84. The van der Waals surface area contributed by atoms with E-state index < -0.39 is 0 Å². The van der Waals surface area contributed by atoms with E-state index >= 15 is 0 Å². The van der Waals surface area contributed by atoms with E-state index in [0.29, 0.717) is 0 Å². The molecule has 0 fully saturated rings. The first-order valence-corrected chi connectivity index (χ1v) is 20.1. The fraction of sp³-hybridized carbons (Fsp3) is 0. The van der Waals surface area contributed by atoms with Crippen LogP contribution in [0.25, 0.3) is 113 Å². The third-order valence-electron chi connectivity index (χ3n) is 11.8. The zero-order valence-electron chi connectivity index (χ0n) is 30.4. The van der Waals surface area contributed by atoms with E-state index in [9.17, 15) is 0 Å². The predicted octanol–water partition coefficient (Wildman–Crippen LogP) is 15.6. The highest BCUT2D eigenvalue weighted by molar-refractivity contribution is 7.26. The molecule has 12 rings (SSSR count). The van der Waals surface area contributed by atoms with Crippen LogP contribution < -0.4 is 0 Å². The second-order valence-corrected chi connectivity index (χ2v) is 15.8. The minimum Gasteiger partial charge on any atom is -0.309 e. The molecule has 2 heteroatoms. The van der Waals surface area contributed by atoms with Crippen LogP contribution in [0.1, 0.15) is 0 Å². The smallest absolute Gasteiger partial charge is 0.0541 e. The Kier molecular flexibility index (Phi) is 6.87. The quantitative estimate of drug-likeness (QED) is 0.159. The third kappa shape index (κ3) is 4.54. The van der Waals surface area contributed by atoms with Crippen molar-refractivity contribution in [1.82, 2.24) is 4.57 Å². The first-order valence-electron chi connectivity index (χ1n) is 19.3. The number of aromatic nitrogens is 1. The number of hydrogen-bond acceptors (Lipinski definition) is 1. The van der Waals surface area contributed by atoms with Crippen molar-refractivity contribution in [1.29, 1.82) is 0 Å². The van der Waals surface area contributed by atoms with Crippen molar-refractivity contribution < 1.29 is 0 Å². The molecule has 0 aliphatic rings. The molecule has 12 aromatic rings. The first-order chi connectivity index (χ1) is 27.8. The molecule has 0 bridgehead atoms. The maximum absolute atomic E-state index is 2.48. The summed E-state index contributed by atoms with van der Waals surface area (Å²) < 4.78 is 5.15. The summed E-state index contributed by atoms with van der Waals surface area (Å²) in [4.78, 5) is 0. The Labute approximate surface area is 327 Å². The molecule has 2 aromatic heterocycles. The molecule has 0 unspecified atom stereocenters. The molecule has 2 heterocycles. The molecule has 0 aliphatic heterocycles. The predicted molar refractivity (Wildman–Crippen MR) is 242 cm³/mol. The summed E-state index contributed by atoms with van der Waals surface area (Å²) in [5, 5.41) is 12.7. The first kappa shape index (κ1) is 31.4. The largest absolute Gasteiger partial charge is 0.309 e. The lowest BCUT2D eigenvalue weighted by Gasteiger charge is -2.19. The van der Waals surface area contributed by atoms with Crippen molar-refractivity contribution in [3.05, 3.63) is 200 Å². The summed E-state index contributed by atoms with van der Waals surface area (Å²) in [7, 11) is 0. The Bertz CT molecular complexity index is 3470. The maximum Gasteiger partial charge on any atom is 0.0541 e. The number of para-hydroxylation sites is 1. The van der Waals surface area contributed by atoms with Crippen molar-refractivity contribution in [2.24, 2.45) is 0 Å². The van der Waals surface area contributed by atoms with E-state index in [-0.39, 0.29) is 0 Å². The highest BCUT2D eigenvalue weighted by atomic mass is 32.1. The third-order valence-corrected chi connectivity index (χ3v) is 13.0. The van der Waals surface area contributed by atoms with Crippen LogP contribution in [0.2, 0.25) is 0 Å². The van der Waals surface area contributed by atoms with Crippen molar-refractivity contribution >= 4 is 85.6 Å². The zero-order valence-corrected chi connectivity index (χ0v) is 31.2. The van der Waals surface area contributed by atoms with Crippen molar-refractivity contribution in [2.75, 3.05) is 0 Å². The summed E-state index contributed by atoms with van der Waals surface area (Å²) in [6, 6.07) is 73.9. The van der Waals surface area contributed by atoms with Gasteiger partial charge in [-0.3, -0.25) is 0 Å². The number of benzene rings is 10. The van der Waals surface area contributed by atoms with Crippen LogP contribution in [0.3, 0.4) is 0 Å². The minimum absolute atomic E-state index is 1.18. The van der Waals surface area contributed by atoms with E-state index in [0.717, 1.165) is 0 Å². The molecule has 0 atom stereocenters. The van der Waals surface area contributed by atoms with Crippen LogP contribution in [0.15, 0.2) is 200 Å². The summed E-state index contributed by atoms with van der Waals surface area (Å²) in [5.74, 6) is 0. The molecule has 56 heavy (non-hydrogen) atoms. The second-order valence-electron chi connectivity index (χ2n) is 14.7. The topological polar surface area (TPSA) is 4.93 Å². The van der Waals surface area contributed by atoms with Gasteiger partial charge >= 0.3 is 0 Å². The van der Waals surface area contributed by atoms with Gasteiger partial charge in [0.25, 0.3) is 0 Å². The van der Waals surface area contributed by atoms with E-state index in [4.69, 9.17) is 0 Å². The van der Waals surface area contributed by atoms with E-state index in [2.05, 4.69) is 205 Å². The molecule has 0 amide bonds. The minimum atomic E-state index is 1.18. The molecule has 260 valence electrons. The van der Waals surface area contributed by atoms with Crippen LogP contribution in [0.4, 0.5) is 0 Å². The van der Waals surface area contributed by atoms with E-state index in [1.165, 1.54) is 113 Å². The molecule has 0 spiro atoms. The fourth-order valence-electron chi connectivity index (χ4n) is 9.42. The normalized spacial score (nSPS) is 11.9. The Morgan fingerprint density at radius 3 is 1.62 bits per heavy atom. The molecule has 0 radical (unpaired) electrons. The molecular formula is C54H33NS. The van der Waals surface area contributed by atoms with Gasteiger partial charge < -0.3 is 4.57 Å². The Hall–Kier alpha value is -7.00. The van der Waals surface area contributed by atoms with Crippen molar-refractivity contribution in [3.8, 4) is 39.1 Å². The van der Waals surface area contributed by atoms with Gasteiger partial charge in [-0.2, -0.15) is 0 Å². The number of hydrogen-bond donors (Lipinski definition) is 0. The molecule has 0 N–H and O–H groups in total. The SMILES string of the molecule is c1ccc(-c2c3ccccc3c(-c3cccc4c(-n5c6ccccc6c6cc(-c7cccc8c7sc7ccccc78)ccc65)cccc34)c3ccccc23)cc1. The summed E-state index contributed by atoms with van der Waals surface area (Å²) in [6.45, 7) is 0. The van der Waals surface area contributed by atoms with Crippen LogP contribution in [-0.4, -0.2) is 4.57 Å². The Balaban J connectivity index is 1.10. The second kappa shape index (κ2) is 12.3. The molecule has 1 nitrogen and oxygen atoms in total. The molecular weight excluding hydrogens is 695 g/mol. The fourth-order valence-corrected chi connectivity index (χ4v) is 10.7. The van der Waals surface area contributed by atoms with Gasteiger partial charge in [0.1, 0.15) is 0 Å². The molecule has 0 saturated carbocycles. The average Bonchev–Trinajstić information content (AvgIpc) is 3.81. The van der Waals surface area contributed by atoms with Crippen LogP contribution >= 0.6 is 11.3 Å². The van der Waals surface area contributed by atoms with Crippen LogP contribution in [0.5, 0.6) is 0 Å². The Morgan fingerprint density at radius 1 is 0.304 bits per heavy atom. The van der Waals surface area contributed by atoms with Gasteiger partial charge in [-0.05, 0) is 90.6 Å². The summed E-state index contributed by atoms with van der Waals surface area (Å²) >= 11 is 1.89. The Morgan fingerprint density at radius 2 is 0.857 bits per heavy atom. The van der Waals surface area contributed by atoms with Crippen LogP contribution in [0, 0.1) is 0 Å². The van der Waals surface area contributed by atoms with E-state index in [1.54, 1.807) is 0 Å². The van der Waals surface area contributed by atoms with Gasteiger partial charge in [-0.1, -0.05) is 170 Å². The standard InChI is InChI=1S/C54H33NS/c1-2-15-34(16-3-1)52-42-19-4-6-21-44(42)53(45-22-7-5-20-43(45)52)41-26-13-25-38-37(41)24-14-29-49(38)55-48-28-10-8-17-39(48)47-33-35(31-32-50(47)55)36-23-12-27-46-40-18-9-11-30-51(40)56-54(36)46/h1-33H. The summed E-state index contributed by atoms with van der Waals surface area (Å²) in [6.07, 6.45) is 0. The van der Waals surface area contributed by atoms with Gasteiger partial charge in [-0.15, -0.1) is 11.3 Å². The summed E-state index contributed by atoms with van der Waals surface area (Å²) in [5.41, 5.74) is 11.2. The lowest BCUT2D eigenvalue weighted by molar-refractivity contribution is 1.20. The number of fused-ring (bicyclic) bond motifs is 9.